The van der Waals surface area contributed by atoms with Crippen molar-refractivity contribution >= 4 is 27.8 Å². The molecule has 0 aliphatic heterocycles. The fourth-order valence-electron chi connectivity index (χ4n) is 0.757. The second-order valence-electron chi connectivity index (χ2n) is 2.03. The molecule has 3 N–H and O–H groups in total. The van der Waals surface area contributed by atoms with Crippen LogP contribution < -0.4 is 5.73 Å². The third-order valence-corrected chi connectivity index (χ3v) is 1.93. The van der Waals surface area contributed by atoms with Gasteiger partial charge in [0, 0.05) is 21.9 Å². The molecule has 11 heavy (non-hydrogen) atoms. The minimum atomic E-state index is -0.403. The summed E-state index contributed by atoms with van der Waals surface area (Å²) in [6, 6.07) is 2.46. The highest BCUT2D eigenvalue weighted by molar-refractivity contribution is 9.10. The molecule has 0 atom stereocenters. The minimum Gasteiger partial charge on any atom is -0.398 e. The van der Waals surface area contributed by atoms with Gasteiger partial charge in [0.1, 0.15) is 5.82 Å². The van der Waals surface area contributed by atoms with Crippen LogP contribution in [0.5, 0.6) is 0 Å². The Hall–Kier alpha value is -0.900. The van der Waals surface area contributed by atoms with E-state index in [2.05, 4.69) is 15.9 Å². The first-order valence-corrected chi connectivity index (χ1v) is 3.69. The maximum absolute atomic E-state index is 12.6. The lowest BCUT2D eigenvalue weighted by Gasteiger charge is -2.01. The van der Waals surface area contributed by atoms with Crippen molar-refractivity contribution in [3.05, 3.63) is 28.0 Å². The summed E-state index contributed by atoms with van der Waals surface area (Å²) in [6.45, 7) is 0. The van der Waals surface area contributed by atoms with Crippen molar-refractivity contribution in [1.29, 1.82) is 5.41 Å². The number of nitrogens with two attached hydrogens (primary N) is 1. The largest absolute Gasteiger partial charge is 0.398 e. The Labute approximate surface area is 71.9 Å². The van der Waals surface area contributed by atoms with Crippen LogP contribution in [0, 0.1) is 11.2 Å². The van der Waals surface area contributed by atoms with Crippen molar-refractivity contribution in [3.8, 4) is 0 Å². The van der Waals surface area contributed by atoms with E-state index in [1.807, 2.05) is 0 Å². The highest BCUT2D eigenvalue weighted by Gasteiger charge is 2.03. The lowest BCUT2D eigenvalue weighted by atomic mass is 10.2. The molecule has 0 aromatic heterocycles. The highest BCUT2D eigenvalue weighted by atomic mass is 79.9. The first-order chi connectivity index (χ1) is 5.15. The van der Waals surface area contributed by atoms with Crippen LogP contribution in [0.4, 0.5) is 10.1 Å². The van der Waals surface area contributed by atoms with Crippen LogP contribution in [0.3, 0.4) is 0 Å². The van der Waals surface area contributed by atoms with Crippen molar-refractivity contribution in [1.82, 2.24) is 0 Å². The molecule has 0 aliphatic rings. The molecule has 0 heterocycles. The number of halogens is 2. The molecule has 0 amide bonds. The van der Waals surface area contributed by atoms with Crippen LogP contribution in [0.2, 0.25) is 0 Å². The Balaban J connectivity index is 3.36. The molecular formula is C7H6BrFN2. The number of nitrogens with one attached hydrogen (secondary N) is 1. The number of hydrogen-bond donors (Lipinski definition) is 2. The van der Waals surface area contributed by atoms with Gasteiger partial charge in [0.05, 0.1) is 0 Å². The van der Waals surface area contributed by atoms with Gasteiger partial charge in [-0.25, -0.2) is 4.39 Å². The molecule has 2 nitrogen and oxygen atoms in total. The van der Waals surface area contributed by atoms with E-state index in [9.17, 15) is 4.39 Å². The molecular weight excluding hydrogens is 211 g/mol. The quantitative estimate of drug-likeness (QED) is 0.549. The van der Waals surface area contributed by atoms with Crippen LogP contribution in [-0.2, 0) is 0 Å². The summed E-state index contributed by atoms with van der Waals surface area (Å²) < 4.78 is 13.1. The number of hydrogen-bond acceptors (Lipinski definition) is 2. The van der Waals surface area contributed by atoms with E-state index in [4.69, 9.17) is 11.1 Å². The summed E-state index contributed by atoms with van der Waals surface area (Å²) in [7, 11) is 0. The van der Waals surface area contributed by atoms with E-state index >= 15 is 0 Å². The summed E-state index contributed by atoms with van der Waals surface area (Å²) >= 11 is 3.09. The van der Waals surface area contributed by atoms with E-state index in [0.29, 0.717) is 10.0 Å². The maximum atomic E-state index is 12.6. The zero-order chi connectivity index (χ0) is 8.43. The molecule has 0 unspecified atom stereocenters. The lowest BCUT2D eigenvalue weighted by Crippen LogP contribution is -1.94. The Morgan fingerprint density at radius 2 is 2.18 bits per heavy atom. The van der Waals surface area contributed by atoms with Crippen molar-refractivity contribution in [2.24, 2.45) is 0 Å². The monoisotopic (exact) mass is 216 g/mol. The summed E-state index contributed by atoms with van der Waals surface area (Å²) in [5, 5.41) is 6.94. The topological polar surface area (TPSA) is 49.9 Å². The summed E-state index contributed by atoms with van der Waals surface area (Å²) in [6.07, 6.45) is 1.08. The standard InChI is InChI=1S/C7H6BrFN2/c8-6-1-4(9)2-7(11)5(6)3-10/h1-3,10H,11H2. The molecule has 1 aromatic carbocycles. The fraction of sp³-hybridized carbons (Fsp3) is 0. The second kappa shape index (κ2) is 3.00. The third kappa shape index (κ3) is 1.57. The van der Waals surface area contributed by atoms with Gasteiger partial charge in [0.2, 0.25) is 0 Å². The molecule has 0 fully saturated rings. The lowest BCUT2D eigenvalue weighted by molar-refractivity contribution is 0.627. The van der Waals surface area contributed by atoms with Crippen molar-refractivity contribution < 1.29 is 4.39 Å². The smallest absolute Gasteiger partial charge is 0.126 e. The van der Waals surface area contributed by atoms with E-state index in [0.717, 1.165) is 6.21 Å². The van der Waals surface area contributed by atoms with Gasteiger partial charge in [-0.1, -0.05) is 0 Å². The molecule has 0 saturated heterocycles. The van der Waals surface area contributed by atoms with Gasteiger partial charge >= 0.3 is 0 Å². The van der Waals surface area contributed by atoms with E-state index < -0.39 is 5.82 Å². The Bertz CT molecular complexity index is 275. The SMILES string of the molecule is N=Cc1c(N)cc(F)cc1Br. The number of anilines is 1. The van der Waals surface area contributed by atoms with Crippen LogP contribution >= 0.6 is 15.9 Å². The van der Waals surface area contributed by atoms with Crippen molar-refractivity contribution in [2.75, 3.05) is 5.73 Å². The zero-order valence-electron chi connectivity index (χ0n) is 5.57. The normalized spacial score (nSPS) is 9.64. The predicted octanol–water partition coefficient (Wildman–Crippen LogP) is 2.17. The van der Waals surface area contributed by atoms with Gasteiger partial charge in [-0.15, -0.1) is 0 Å². The van der Waals surface area contributed by atoms with Gasteiger partial charge in [-0.2, -0.15) is 0 Å². The molecule has 0 radical (unpaired) electrons. The highest BCUT2D eigenvalue weighted by Crippen LogP contribution is 2.22. The first-order valence-electron chi connectivity index (χ1n) is 2.90. The van der Waals surface area contributed by atoms with E-state index in [1.54, 1.807) is 0 Å². The molecule has 0 bridgehead atoms. The zero-order valence-corrected chi connectivity index (χ0v) is 7.15. The molecule has 1 rings (SSSR count). The van der Waals surface area contributed by atoms with Crippen LogP contribution in [0.15, 0.2) is 16.6 Å². The molecule has 0 aliphatic carbocycles. The van der Waals surface area contributed by atoms with Crippen LogP contribution in [-0.4, -0.2) is 6.21 Å². The average Bonchev–Trinajstić information content (AvgIpc) is 1.85. The summed E-state index contributed by atoms with van der Waals surface area (Å²) in [5.74, 6) is -0.403. The average molecular weight is 217 g/mol. The Morgan fingerprint density at radius 3 is 2.64 bits per heavy atom. The fourth-order valence-corrected chi connectivity index (χ4v) is 1.32. The van der Waals surface area contributed by atoms with Gasteiger partial charge in [-0.05, 0) is 28.1 Å². The number of benzene rings is 1. The van der Waals surface area contributed by atoms with Crippen LogP contribution in [0.1, 0.15) is 5.56 Å². The van der Waals surface area contributed by atoms with Crippen LogP contribution in [0.25, 0.3) is 0 Å². The predicted molar refractivity (Wildman–Crippen MR) is 46.4 cm³/mol. The summed E-state index contributed by atoms with van der Waals surface area (Å²) in [4.78, 5) is 0. The van der Waals surface area contributed by atoms with Crippen molar-refractivity contribution in [2.45, 2.75) is 0 Å². The van der Waals surface area contributed by atoms with Gasteiger partial charge in [0.15, 0.2) is 0 Å². The molecule has 0 spiro atoms. The molecule has 4 heteroatoms. The second-order valence-corrected chi connectivity index (χ2v) is 2.89. The maximum Gasteiger partial charge on any atom is 0.126 e. The van der Waals surface area contributed by atoms with Gasteiger partial charge in [-0.3, -0.25) is 0 Å². The van der Waals surface area contributed by atoms with Gasteiger partial charge < -0.3 is 11.1 Å². The molecule has 1 aromatic rings. The Kier molecular flexibility index (Phi) is 2.24. The minimum absolute atomic E-state index is 0.270. The number of rotatable bonds is 1. The Morgan fingerprint density at radius 1 is 1.55 bits per heavy atom. The number of nitrogen functional groups attached to an aromatic ring is 1. The molecule has 0 saturated carbocycles. The molecule has 58 valence electrons. The summed E-state index contributed by atoms with van der Waals surface area (Å²) in [5.41, 5.74) is 6.19. The van der Waals surface area contributed by atoms with E-state index in [1.165, 1.54) is 12.1 Å². The third-order valence-electron chi connectivity index (χ3n) is 1.27. The van der Waals surface area contributed by atoms with Crippen molar-refractivity contribution in [3.63, 3.8) is 0 Å². The first kappa shape index (κ1) is 8.20. The van der Waals surface area contributed by atoms with Gasteiger partial charge in [0.25, 0.3) is 0 Å². The van der Waals surface area contributed by atoms with E-state index in [-0.39, 0.29) is 5.69 Å².